The molecule has 75 heavy (non-hydrogen) atoms. The monoisotopic (exact) mass is 1080 g/mol. The van der Waals surface area contributed by atoms with Crippen LogP contribution in [0.25, 0.3) is 0 Å². The average Bonchev–Trinajstić information content (AvgIpc) is 3.30. The van der Waals surface area contributed by atoms with E-state index in [1.54, 1.807) is 62.4 Å². The molecule has 0 radical (unpaired) electrons. The average molecular weight is 1080 g/mol. The van der Waals surface area contributed by atoms with E-state index in [4.69, 9.17) is 56.8 Å². The number of nitrogens with zero attached hydrogens (tertiary/aromatic N) is 2. The Hall–Kier alpha value is -3.10. The Morgan fingerprint density at radius 1 is 0.787 bits per heavy atom. The molecule has 0 aromatic carbocycles. The van der Waals surface area contributed by atoms with Gasteiger partial charge in [-0.3, -0.25) is 19.2 Å². The van der Waals surface area contributed by atoms with Crippen molar-refractivity contribution in [2.24, 2.45) is 17.8 Å². The second-order valence-corrected chi connectivity index (χ2v) is 22.6. The summed E-state index contributed by atoms with van der Waals surface area (Å²) in [5.41, 5.74) is -4.82. The van der Waals surface area contributed by atoms with Gasteiger partial charge in [0.1, 0.15) is 42.7 Å². The van der Waals surface area contributed by atoms with Crippen LogP contribution in [0.3, 0.4) is 0 Å². The lowest BCUT2D eigenvalue weighted by Gasteiger charge is -2.51. The van der Waals surface area contributed by atoms with Gasteiger partial charge in [0, 0.05) is 58.8 Å². The van der Waals surface area contributed by atoms with Crippen molar-refractivity contribution in [3.05, 3.63) is 12.3 Å². The van der Waals surface area contributed by atoms with Crippen LogP contribution in [0.5, 0.6) is 0 Å². The van der Waals surface area contributed by atoms with Crippen LogP contribution in [0.2, 0.25) is 0 Å². The second-order valence-electron chi connectivity index (χ2n) is 22.6. The summed E-state index contributed by atoms with van der Waals surface area (Å²) >= 11 is 0. The molecule has 4 saturated heterocycles. The molecular weight excluding hydrogens is 985 g/mol. The molecule has 22 nitrogen and oxygen atoms in total. The number of carbonyl (C=O) groups is 4. The molecular formula is C53H92N2O20. The fourth-order valence-corrected chi connectivity index (χ4v) is 11.3. The van der Waals surface area contributed by atoms with Gasteiger partial charge in [0.05, 0.1) is 47.3 Å². The van der Waals surface area contributed by atoms with Crippen LogP contribution in [0, 0.1) is 17.8 Å². The van der Waals surface area contributed by atoms with Crippen molar-refractivity contribution in [1.82, 2.24) is 9.80 Å². The molecule has 0 aromatic heterocycles. The number of ether oxygens (including phenoxy) is 12. The smallest absolute Gasteiger partial charge is 0.311 e. The molecule has 0 aromatic rings. The van der Waals surface area contributed by atoms with Gasteiger partial charge in [0.15, 0.2) is 37.2 Å². The number of aliphatic hydroxyl groups excluding tert-OH is 2. The van der Waals surface area contributed by atoms with Crippen molar-refractivity contribution < 1.29 is 96.4 Å². The minimum Gasteiger partial charge on any atom is -0.496 e. The van der Waals surface area contributed by atoms with Gasteiger partial charge in [-0.2, -0.15) is 0 Å². The van der Waals surface area contributed by atoms with Crippen molar-refractivity contribution in [1.29, 1.82) is 0 Å². The number of hydrogen-bond donors (Lipinski definition) is 4. The SMILES string of the molecule is C=C(C)OC[C@H]1OC(O[C@@H]2C(N(C)C)C[C@@H](C)O[C@H]2O[C@@H]2[C@@H](C)[C@H](O[C@H]3C[C@@](C)(OC)[C@@H](O)[C@H](C)O3)[C@@H](C)C(=O)O[C@H](CC)[C@@](C)(O)[C@H](O)[C@@H](C)N(C)C[C@H](C)C[C@@]2(C)O)[C@H](OC(C)=O)[C@@H](OC(C)=O)[C@@H]1OC(C)=O. The van der Waals surface area contributed by atoms with Gasteiger partial charge in [-0.25, -0.2) is 0 Å². The Balaban J connectivity index is 1.95. The topological polar surface area (TPSA) is 266 Å². The third-order valence-corrected chi connectivity index (χ3v) is 15.5. The highest BCUT2D eigenvalue weighted by atomic mass is 16.8. The number of cyclic esters (lactones) is 1. The summed E-state index contributed by atoms with van der Waals surface area (Å²) in [5.74, 6) is -5.24. The first kappa shape index (κ1) is 64.4. The fourth-order valence-electron chi connectivity index (χ4n) is 11.3. The number of carbonyl (C=O) groups excluding carboxylic acids is 4. The van der Waals surface area contributed by atoms with Crippen molar-refractivity contribution in [2.75, 3.05) is 41.4 Å². The van der Waals surface area contributed by atoms with Gasteiger partial charge in [0.25, 0.3) is 0 Å². The van der Waals surface area contributed by atoms with Crippen LogP contribution in [-0.4, -0.2) is 217 Å². The zero-order valence-corrected chi connectivity index (χ0v) is 47.7. The number of hydrogen-bond acceptors (Lipinski definition) is 22. The Labute approximate surface area is 444 Å². The maximum absolute atomic E-state index is 14.7. The van der Waals surface area contributed by atoms with E-state index in [0.717, 1.165) is 20.8 Å². The van der Waals surface area contributed by atoms with E-state index >= 15 is 0 Å². The van der Waals surface area contributed by atoms with Gasteiger partial charge in [-0.1, -0.05) is 27.4 Å². The largest absolute Gasteiger partial charge is 0.496 e. The second kappa shape index (κ2) is 26.7. The standard InChI is InChI=1S/C53H92N2O20/c1-20-38-53(15,63)45(59)31(8)55(18)24-27(4)22-51(13,62)47(29(6)40(30(7)48(61)72-38)73-39-23-52(14,64-19)46(60)32(9)67-39)75-49-41(36(54(16)17)21-28(5)66-49)74-50-44(70-35(12)58)43(69-34(11)57)42(68-33(10)56)37(71-50)25-65-26(2)3/h27-32,36-47,49-50,59-60,62-63H,2,20-25H2,1,3-19H3/t27-,28-,29+,30-,31-,32+,36?,37-,38-,39+,40+,41-,42-,43+,44-,45-,46+,47-,49+,50?,51-,52-,53-/m1/s1. The highest BCUT2D eigenvalue weighted by Crippen LogP contribution is 2.42. The van der Waals surface area contributed by atoms with E-state index in [9.17, 15) is 39.6 Å². The first-order valence-corrected chi connectivity index (χ1v) is 26.3. The first-order chi connectivity index (χ1) is 34.7. The maximum atomic E-state index is 14.7. The molecule has 0 aliphatic carbocycles. The zero-order chi connectivity index (χ0) is 56.8. The molecule has 4 aliphatic rings. The lowest BCUT2D eigenvalue weighted by atomic mass is 9.77. The number of aliphatic hydroxyl groups is 4. The molecule has 4 heterocycles. The number of likely N-dealkylation sites (N-methyl/N-ethyl adjacent to an activating group) is 2. The quantitative estimate of drug-likeness (QED) is 0.104. The van der Waals surface area contributed by atoms with Crippen LogP contribution in [0.4, 0.5) is 0 Å². The molecule has 434 valence electrons. The van der Waals surface area contributed by atoms with Crippen molar-refractivity contribution in [2.45, 2.75) is 244 Å². The van der Waals surface area contributed by atoms with Gasteiger partial charge < -0.3 is 87.1 Å². The van der Waals surface area contributed by atoms with E-state index in [1.807, 2.05) is 37.7 Å². The number of esters is 4. The third-order valence-electron chi connectivity index (χ3n) is 15.5. The number of allylic oxidation sites excluding steroid dienone is 1. The van der Waals surface area contributed by atoms with Gasteiger partial charge in [-0.05, 0) is 102 Å². The third kappa shape index (κ3) is 16.0. The summed E-state index contributed by atoms with van der Waals surface area (Å²) in [6.45, 7) is 26.1. The number of rotatable bonds is 15. The summed E-state index contributed by atoms with van der Waals surface area (Å²) in [6.07, 6.45) is -17.4. The molecule has 4 N–H and O–H groups in total. The highest BCUT2D eigenvalue weighted by Gasteiger charge is 2.57. The Bertz CT molecular complexity index is 1900. The van der Waals surface area contributed by atoms with Crippen LogP contribution in [-0.2, 0) is 76.0 Å². The zero-order valence-electron chi connectivity index (χ0n) is 47.7. The van der Waals surface area contributed by atoms with E-state index in [-0.39, 0.29) is 31.8 Å². The fraction of sp³-hybridized carbons (Fsp3) is 0.887. The lowest BCUT2D eigenvalue weighted by Crippen LogP contribution is -2.66. The van der Waals surface area contributed by atoms with Crippen molar-refractivity contribution in [3.63, 3.8) is 0 Å². The predicted octanol–water partition coefficient (Wildman–Crippen LogP) is 3.00. The van der Waals surface area contributed by atoms with E-state index in [0.29, 0.717) is 18.7 Å². The van der Waals surface area contributed by atoms with Crippen LogP contribution in [0.1, 0.15) is 123 Å². The Morgan fingerprint density at radius 2 is 1.36 bits per heavy atom. The summed E-state index contributed by atoms with van der Waals surface area (Å²) in [5, 5.41) is 48.1. The predicted molar refractivity (Wildman–Crippen MR) is 269 cm³/mol. The molecule has 0 bridgehead atoms. The first-order valence-electron chi connectivity index (χ1n) is 26.3. The molecule has 0 spiro atoms. The summed E-state index contributed by atoms with van der Waals surface area (Å²) in [6, 6.07) is -1.19. The van der Waals surface area contributed by atoms with Crippen LogP contribution < -0.4 is 0 Å². The van der Waals surface area contributed by atoms with Gasteiger partial charge in [-0.15, -0.1) is 0 Å². The van der Waals surface area contributed by atoms with E-state index < -0.39 is 157 Å². The van der Waals surface area contributed by atoms with Crippen molar-refractivity contribution >= 4 is 23.9 Å². The molecule has 4 rings (SSSR count). The molecule has 23 atom stereocenters. The minimum absolute atomic E-state index is 0.0290. The molecule has 0 amide bonds. The molecule has 0 saturated carbocycles. The summed E-state index contributed by atoms with van der Waals surface area (Å²) in [7, 11) is 6.93. The summed E-state index contributed by atoms with van der Waals surface area (Å²) in [4.78, 5) is 56.8. The minimum atomic E-state index is -1.90. The van der Waals surface area contributed by atoms with Gasteiger partial charge in [0.2, 0.25) is 0 Å². The number of methoxy groups -OCH3 is 1. The molecule has 22 heteroatoms. The molecule has 4 fully saturated rings. The molecule has 2 unspecified atom stereocenters. The van der Waals surface area contributed by atoms with Crippen LogP contribution in [0.15, 0.2) is 12.3 Å². The lowest BCUT2D eigenvalue weighted by molar-refractivity contribution is -0.363. The highest BCUT2D eigenvalue weighted by molar-refractivity contribution is 5.73. The van der Waals surface area contributed by atoms with Crippen molar-refractivity contribution in [3.8, 4) is 0 Å². The summed E-state index contributed by atoms with van der Waals surface area (Å²) < 4.78 is 75.6. The van der Waals surface area contributed by atoms with Crippen LogP contribution >= 0.6 is 0 Å². The van der Waals surface area contributed by atoms with E-state index in [2.05, 4.69) is 6.58 Å². The van der Waals surface area contributed by atoms with E-state index in [1.165, 1.54) is 14.0 Å². The van der Waals surface area contributed by atoms with Gasteiger partial charge >= 0.3 is 23.9 Å². The Kier molecular flexibility index (Phi) is 22.9. The Morgan fingerprint density at radius 3 is 1.91 bits per heavy atom. The maximum Gasteiger partial charge on any atom is 0.311 e. The molecule has 4 aliphatic heterocycles. The normalized spacial score (nSPS) is 43.9.